The van der Waals surface area contributed by atoms with Crippen molar-refractivity contribution in [3.63, 3.8) is 0 Å². The minimum atomic E-state index is -0.177. The van der Waals surface area contributed by atoms with E-state index in [0.29, 0.717) is 6.04 Å². The van der Waals surface area contributed by atoms with E-state index in [9.17, 15) is 4.79 Å². The van der Waals surface area contributed by atoms with Crippen LogP contribution in [0, 0.1) is 0 Å². The van der Waals surface area contributed by atoms with Crippen molar-refractivity contribution in [2.45, 2.75) is 44.1 Å². The molecule has 4 heteroatoms. The van der Waals surface area contributed by atoms with Crippen LogP contribution in [0.3, 0.4) is 0 Å². The van der Waals surface area contributed by atoms with E-state index in [0.717, 1.165) is 23.5 Å². The highest BCUT2D eigenvalue weighted by Crippen LogP contribution is 2.38. The number of benzene rings is 1. The van der Waals surface area contributed by atoms with Crippen molar-refractivity contribution in [2.75, 3.05) is 5.32 Å². The third kappa shape index (κ3) is 2.72. The molecule has 128 valence electrons. The maximum Gasteiger partial charge on any atom is 0.270 e. The van der Waals surface area contributed by atoms with Gasteiger partial charge in [0.1, 0.15) is 0 Å². The van der Waals surface area contributed by atoms with E-state index in [2.05, 4.69) is 60.3 Å². The number of nitrogens with one attached hydrogen (secondary N) is 1. The summed E-state index contributed by atoms with van der Waals surface area (Å²) in [6, 6.07) is 10.9. The average Bonchev–Trinajstić information content (AvgIpc) is 2.95. The van der Waals surface area contributed by atoms with Gasteiger partial charge in [-0.15, -0.1) is 5.10 Å². The molecule has 1 aromatic heterocycles. The van der Waals surface area contributed by atoms with Gasteiger partial charge in [-0.1, -0.05) is 56.0 Å². The molecular weight excluding hydrogens is 310 g/mol. The topological polar surface area (TPSA) is 46.9 Å². The number of aromatic nitrogens is 2. The standard InChI is InChI=1S/C21H23N3O/c1-3-19(25)24-18-14-21(2,15-8-5-4-6-9-15)13-12-17(18)20(23-24)22-16-10-7-11-16/h3-6,8-9,12-13,16H,1,7,10-11,14H2,2H3,(H,22,23). The average molecular weight is 333 g/mol. The van der Waals surface area contributed by atoms with Crippen LogP contribution in [0.2, 0.25) is 0 Å². The third-order valence-electron chi connectivity index (χ3n) is 5.44. The Morgan fingerprint density at radius 3 is 2.76 bits per heavy atom. The fourth-order valence-electron chi connectivity index (χ4n) is 3.62. The van der Waals surface area contributed by atoms with Crippen molar-refractivity contribution in [2.24, 2.45) is 0 Å². The lowest BCUT2D eigenvalue weighted by Gasteiger charge is -2.30. The number of allylic oxidation sites excluding steroid dienone is 2. The van der Waals surface area contributed by atoms with E-state index in [1.807, 2.05) is 6.07 Å². The van der Waals surface area contributed by atoms with Gasteiger partial charge < -0.3 is 5.32 Å². The van der Waals surface area contributed by atoms with E-state index in [1.165, 1.54) is 35.6 Å². The molecule has 4 rings (SSSR count). The monoisotopic (exact) mass is 333 g/mol. The lowest BCUT2D eigenvalue weighted by atomic mass is 9.75. The van der Waals surface area contributed by atoms with E-state index in [4.69, 9.17) is 0 Å². The summed E-state index contributed by atoms with van der Waals surface area (Å²) in [5.41, 5.74) is 3.08. The molecule has 0 radical (unpaired) electrons. The molecule has 2 aliphatic rings. The number of carbonyl (C=O) groups is 1. The first-order valence-electron chi connectivity index (χ1n) is 8.91. The van der Waals surface area contributed by atoms with Crippen molar-refractivity contribution in [1.29, 1.82) is 0 Å². The van der Waals surface area contributed by atoms with Crippen molar-refractivity contribution >= 4 is 17.8 Å². The van der Waals surface area contributed by atoms with Crippen molar-refractivity contribution in [3.05, 3.63) is 65.9 Å². The Bertz CT molecular complexity index is 846. The Balaban J connectivity index is 1.75. The molecule has 1 aromatic carbocycles. The number of hydrogen-bond donors (Lipinski definition) is 1. The number of carbonyl (C=O) groups excluding carboxylic acids is 1. The molecule has 0 amide bonds. The molecule has 0 spiro atoms. The van der Waals surface area contributed by atoms with Crippen LogP contribution in [0.4, 0.5) is 5.82 Å². The van der Waals surface area contributed by atoms with E-state index < -0.39 is 0 Å². The second-order valence-corrected chi connectivity index (χ2v) is 7.23. The molecule has 2 aliphatic carbocycles. The molecule has 0 aliphatic heterocycles. The van der Waals surface area contributed by atoms with E-state index in [-0.39, 0.29) is 11.3 Å². The Morgan fingerprint density at radius 1 is 1.36 bits per heavy atom. The van der Waals surface area contributed by atoms with Gasteiger partial charge in [-0.2, -0.15) is 4.68 Å². The fourth-order valence-corrected chi connectivity index (χ4v) is 3.62. The first-order chi connectivity index (χ1) is 12.1. The van der Waals surface area contributed by atoms with E-state index in [1.54, 1.807) is 0 Å². The van der Waals surface area contributed by atoms with Gasteiger partial charge in [0.05, 0.1) is 5.69 Å². The van der Waals surface area contributed by atoms with Crippen LogP contribution < -0.4 is 5.32 Å². The van der Waals surface area contributed by atoms with Crippen molar-refractivity contribution in [3.8, 4) is 0 Å². The third-order valence-corrected chi connectivity index (χ3v) is 5.44. The van der Waals surface area contributed by atoms with Gasteiger partial charge in [0.15, 0.2) is 5.82 Å². The van der Waals surface area contributed by atoms with Crippen molar-refractivity contribution in [1.82, 2.24) is 9.78 Å². The van der Waals surface area contributed by atoms with Crippen LogP contribution >= 0.6 is 0 Å². The number of fused-ring (bicyclic) bond motifs is 1. The zero-order valence-electron chi connectivity index (χ0n) is 14.5. The molecule has 1 heterocycles. The number of nitrogens with zero attached hydrogens (tertiary/aromatic N) is 2. The Morgan fingerprint density at radius 2 is 2.12 bits per heavy atom. The number of rotatable bonds is 4. The summed E-state index contributed by atoms with van der Waals surface area (Å²) in [6.45, 7) is 5.83. The predicted octanol–water partition coefficient (Wildman–Crippen LogP) is 4.20. The van der Waals surface area contributed by atoms with Gasteiger partial charge in [-0.25, -0.2) is 0 Å². The van der Waals surface area contributed by atoms with Crippen LogP contribution in [0.15, 0.2) is 49.1 Å². The molecule has 25 heavy (non-hydrogen) atoms. The molecule has 4 nitrogen and oxygen atoms in total. The lowest BCUT2D eigenvalue weighted by Crippen LogP contribution is -2.28. The molecular formula is C21H23N3O. The maximum absolute atomic E-state index is 12.3. The molecule has 1 saturated carbocycles. The Kier molecular flexibility index (Phi) is 3.83. The summed E-state index contributed by atoms with van der Waals surface area (Å²) in [4.78, 5) is 12.3. The first kappa shape index (κ1) is 15.9. The molecule has 2 aromatic rings. The molecule has 1 fully saturated rings. The minimum Gasteiger partial charge on any atom is -0.365 e. The smallest absolute Gasteiger partial charge is 0.270 e. The fraction of sp³-hybridized carbons (Fsp3) is 0.333. The van der Waals surface area contributed by atoms with Crippen LogP contribution in [-0.2, 0) is 11.8 Å². The van der Waals surface area contributed by atoms with Crippen LogP contribution in [-0.4, -0.2) is 21.7 Å². The second kappa shape index (κ2) is 6.03. The van der Waals surface area contributed by atoms with Gasteiger partial charge in [0.25, 0.3) is 5.91 Å². The predicted molar refractivity (Wildman–Crippen MR) is 101 cm³/mol. The highest BCUT2D eigenvalue weighted by molar-refractivity contribution is 5.91. The van der Waals surface area contributed by atoms with Gasteiger partial charge in [0.2, 0.25) is 0 Å². The minimum absolute atomic E-state index is 0.152. The quantitative estimate of drug-likeness (QED) is 0.853. The Labute approximate surface area is 148 Å². The summed E-state index contributed by atoms with van der Waals surface area (Å²) in [5.74, 6) is 0.643. The summed E-state index contributed by atoms with van der Waals surface area (Å²) in [6.07, 6.45) is 10.0. The first-order valence-corrected chi connectivity index (χ1v) is 8.91. The molecule has 0 bridgehead atoms. The lowest BCUT2D eigenvalue weighted by molar-refractivity contribution is 0.0950. The molecule has 1 unspecified atom stereocenters. The largest absolute Gasteiger partial charge is 0.365 e. The molecule has 1 N–H and O–H groups in total. The summed E-state index contributed by atoms with van der Waals surface area (Å²) >= 11 is 0. The summed E-state index contributed by atoms with van der Waals surface area (Å²) < 4.78 is 1.52. The van der Waals surface area contributed by atoms with Gasteiger partial charge in [0, 0.05) is 23.4 Å². The molecule has 1 atom stereocenters. The summed E-state index contributed by atoms with van der Waals surface area (Å²) in [5, 5.41) is 8.08. The normalized spacial score (nSPS) is 22.1. The van der Waals surface area contributed by atoms with Crippen LogP contribution in [0.25, 0.3) is 6.08 Å². The van der Waals surface area contributed by atoms with Crippen LogP contribution in [0.1, 0.15) is 47.8 Å². The summed E-state index contributed by atoms with van der Waals surface area (Å²) in [7, 11) is 0. The SMILES string of the molecule is C=CC(=O)n1nc(NC2CCC2)c2c1CC(C)(c1ccccc1)C=C2. The molecule has 0 saturated heterocycles. The Hall–Kier alpha value is -2.62. The number of anilines is 1. The zero-order valence-corrected chi connectivity index (χ0v) is 14.5. The van der Waals surface area contributed by atoms with Gasteiger partial charge >= 0.3 is 0 Å². The van der Waals surface area contributed by atoms with Gasteiger partial charge in [-0.3, -0.25) is 4.79 Å². The van der Waals surface area contributed by atoms with E-state index >= 15 is 0 Å². The highest BCUT2D eigenvalue weighted by Gasteiger charge is 2.33. The second-order valence-electron chi connectivity index (χ2n) is 7.23. The number of hydrogen-bond acceptors (Lipinski definition) is 3. The highest BCUT2D eigenvalue weighted by atomic mass is 16.2. The van der Waals surface area contributed by atoms with Gasteiger partial charge in [-0.05, 0) is 30.9 Å². The zero-order chi connectivity index (χ0) is 17.4. The van der Waals surface area contributed by atoms with Crippen molar-refractivity contribution < 1.29 is 4.79 Å². The maximum atomic E-state index is 12.3. The van der Waals surface area contributed by atoms with Crippen LogP contribution in [0.5, 0.6) is 0 Å².